The van der Waals surface area contributed by atoms with Crippen LogP contribution >= 0.6 is 15.9 Å². The van der Waals surface area contributed by atoms with E-state index < -0.39 is 0 Å². The van der Waals surface area contributed by atoms with Crippen molar-refractivity contribution in [1.82, 2.24) is 14.9 Å². The van der Waals surface area contributed by atoms with E-state index in [0.29, 0.717) is 12.5 Å². The lowest BCUT2D eigenvalue weighted by Gasteiger charge is -2.31. The molecule has 1 atom stereocenters. The maximum Gasteiger partial charge on any atom is 0.128 e. The molecule has 5 heteroatoms. The van der Waals surface area contributed by atoms with Gasteiger partial charge in [0.1, 0.15) is 11.6 Å². The SMILES string of the molecule is Fc1cc(Br)ccc1CN1CCC[C@H](c2ncc[nH]2)C1. The molecule has 0 unspecified atom stereocenters. The van der Waals surface area contributed by atoms with Crippen molar-refractivity contribution >= 4 is 15.9 Å². The third-order valence-corrected chi connectivity index (χ3v) is 4.31. The van der Waals surface area contributed by atoms with Gasteiger partial charge in [-0.25, -0.2) is 9.37 Å². The van der Waals surface area contributed by atoms with Gasteiger partial charge in [0.25, 0.3) is 0 Å². The predicted octanol–water partition coefficient (Wildman–Crippen LogP) is 3.69. The van der Waals surface area contributed by atoms with Crippen LogP contribution in [0.15, 0.2) is 35.1 Å². The number of aromatic amines is 1. The standard InChI is InChI=1S/C15H17BrFN3/c16-13-4-3-11(14(17)8-13)9-20-7-1-2-12(10-20)15-18-5-6-19-15/h3-6,8,12H,1-2,7,9-10H2,(H,18,19)/t12-/m0/s1. The Labute approximate surface area is 126 Å². The van der Waals surface area contributed by atoms with E-state index in [2.05, 4.69) is 30.8 Å². The van der Waals surface area contributed by atoms with Crippen LogP contribution in [0.4, 0.5) is 4.39 Å². The molecule has 1 aliphatic rings. The number of H-pyrrole nitrogens is 1. The van der Waals surface area contributed by atoms with Crippen LogP contribution in [-0.4, -0.2) is 28.0 Å². The molecule has 0 saturated carbocycles. The van der Waals surface area contributed by atoms with Crippen LogP contribution < -0.4 is 0 Å². The van der Waals surface area contributed by atoms with Gasteiger partial charge in [-0.05, 0) is 31.5 Å². The molecule has 3 nitrogen and oxygen atoms in total. The summed E-state index contributed by atoms with van der Waals surface area (Å²) in [4.78, 5) is 9.85. The van der Waals surface area contributed by atoms with E-state index in [9.17, 15) is 4.39 Å². The smallest absolute Gasteiger partial charge is 0.128 e. The normalized spacial score (nSPS) is 20.2. The van der Waals surface area contributed by atoms with Crippen molar-refractivity contribution in [3.8, 4) is 0 Å². The van der Waals surface area contributed by atoms with Gasteiger partial charge in [-0.15, -0.1) is 0 Å². The molecule has 1 aromatic carbocycles. The molecule has 1 N–H and O–H groups in total. The average molecular weight is 338 g/mol. The molecular weight excluding hydrogens is 321 g/mol. The number of piperidine rings is 1. The number of rotatable bonds is 3. The van der Waals surface area contributed by atoms with Crippen LogP contribution in [-0.2, 0) is 6.54 Å². The molecule has 1 aliphatic heterocycles. The summed E-state index contributed by atoms with van der Waals surface area (Å²) in [7, 11) is 0. The zero-order valence-electron chi connectivity index (χ0n) is 11.1. The second-order valence-electron chi connectivity index (χ2n) is 5.28. The molecule has 2 heterocycles. The lowest BCUT2D eigenvalue weighted by molar-refractivity contribution is 0.195. The number of halogens is 2. The Bertz CT molecular complexity index is 571. The van der Waals surface area contributed by atoms with Gasteiger partial charge < -0.3 is 4.98 Å². The summed E-state index contributed by atoms with van der Waals surface area (Å²) in [5.74, 6) is 1.34. The number of nitrogens with zero attached hydrogens (tertiary/aromatic N) is 2. The van der Waals surface area contributed by atoms with Crippen LogP contribution in [0, 0.1) is 5.82 Å². The van der Waals surface area contributed by atoms with Crippen molar-refractivity contribution in [2.75, 3.05) is 13.1 Å². The highest BCUT2D eigenvalue weighted by Crippen LogP contribution is 2.26. The Balaban J connectivity index is 1.68. The fraction of sp³-hybridized carbons (Fsp3) is 0.400. The second kappa shape index (κ2) is 6.06. The van der Waals surface area contributed by atoms with Crippen LogP contribution in [0.3, 0.4) is 0 Å². The van der Waals surface area contributed by atoms with Gasteiger partial charge in [-0.1, -0.05) is 22.0 Å². The fourth-order valence-electron chi connectivity index (χ4n) is 2.81. The summed E-state index contributed by atoms with van der Waals surface area (Å²) in [6, 6.07) is 5.28. The van der Waals surface area contributed by atoms with Gasteiger partial charge in [0.05, 0.1) is 0 Å². The molecular formula is C15H17BrFN3. The van der Waals surface area contributed by atoms with Crippen molar-refractivity contribution in [3.63, 3.8) is 0 Å². The minimum atomic E-state index is -0.139. The Hall–Kier alpha value is -1.20. The topological polar surface area (TPSA) is 31.9 Å². The Kier molecular flexibility index (Phi) is 4.17. The second-order valence-corrected chi connectivity index (χ2v) is 6.20. The summed E-state index contributed by atoms with van der Waals surface area (Å²) >= 11 is 3.29. The minimum Gasteiger partial charge on any atom is -0.348 e. The van der Waals surface area contributed by atoms with Crippen LogP contribution in [0.5, 0.6) is 0 Å². The van der Waals surface area contributed by atoms with Crippen molar-refractivity contribution < 1.29 is 4.39 Å². The van der Waals surface area contributed by atoms with E-state index in [4.69, 9.17) is 0 Å². The zero-order valence-corrected chi connectivity index (χ0v) is 12.7. The third kappa shape index (κ3) is 3.10. The fourth-order valence-corrected chi connectivity index (χ4v) is 3.15. The molecule has 20 heavy (non-hydrogen) atoms. The van der Waals surface area contributed by atoms with Gasteiger partial charge in [-0.3, -0.25) is 4.90 Å². The Morgan fingerprint density at radius 2 is 2.35 bits per heavy atom. The van der Waals surface area contributed by atoms with E-state index in [1.165, 1.54) is 6.07 Å². The number of likely N-dealkylation sites (tertiary alicyclic amines) is 1. The number of nitrogens with one attached hydrogen (secondary N) is 1. The van der Waals surface area contributed by atoms with Gasteiger partial charge in [0.15, 0.2) is 0 Å². The zero-order chi connectivity index (χ0) is 13.9. The molecule has 1 fully saturated rings. The predicted molar refractivity (Wildman–Crippen MR) is 79.9 cm³/mol. The van der Waals surface area contributed by atoms with E-state index >= 15 is 0 Å². The summed E-state index contributed by atoms with van der Waals surface area (Å²) in [6.45, 7) is 2.62. The first kappa shape index (κ1) is 13.8. The molecule has 1 saturated heterocycles. The van der Waals surface area contributed by atoms with Crippen molar-refractivity contribution in [2.45, 2.75) is 25.3 Å². The maximum atomic E-state index is 13.9. The summed E-state index contributed by atoms with van der Waals surface area (Å²) < 4.78 is 14.7. The largest absolute Gasteiger partial charge is 0.348 e. The number of hydrogen-bond acceptors (Lipinski definition) is 2. The first-order chi connectivity index (χ1) is 9.72. The molecule has 0 aliphatic carbocycles. The lowest BCUT2D eigenvalue weighted by Crippen LogP contribution is -2.34. The van der Waals surface area contributed by atoms with Crippen LogP contribution in [0.1, 0.15) is 30.1 Å². The van der Waals surface area contributed by atoms with E-state index in [1.807, 2.05) is 18.3 Å². The first-order valence-corrected chi connectivity index (χ1v) is 7.67. The number of imidazole rings is 1. The van der Waals surface area contributed by atoms with Gasteiger partial charge >= 0.3 is 0 Å². The average Bonchev–Trinajstić information content (AvgIpc) is 2.96. The highest BCUT2D eigenvalue weighted by Gasteiger charge is 2.23. The summed E-state index contributed by atoms with van der Waals surface area (Å²) in [5.41, 5.74) is 0.758. The van der Waals surface area contributed by atoms with Crippen LogP contribution in [0.25, 0.3) is 0 Å². The number of aromatic nitrogens is 2. The van der Waals surface area contributed by atoms with Gasteiger partial charge in [0, 0.05) is 41.4 Å². The summed E-state index contributed by atoms with van der Waals surface area (Å²) in [6.07, 6.45) is 5.93. The maximum absolute atomic E-state index is 13.9. The Morgan fingerprint density at radius 1 is 1.45 bits per heavy atom. The van der Waals surface area contributed by atoms with E-state index in [-0.39, 0.29) is 5.82 Å². The van der Waals surface area contributed by atoms with E-state index in [0.717, 1.165) is 41.8 Å². The molecule has 2 aromatic rings. The first-order valence-electron chi connectivity index (χ1n) is 6.88. The van der Waals surface area contributed by atoms with Crippen molar-refractivity contribution in [1.29, 1.82) is 0 Å². The molecule has 106 valence electrons. The molecule has 0 bridgehead atoms. The quantitative estimate of drug-likeness (QED) is 0.926. The monoisotopic (exact) mass is 337 g/mol. The minimum absolute atomic E-state index is 0.139. The molecule has 3 rings (SSSR count). The third-order valence-electron chi connectivity index (χ3n) is 3.82. The van der Waals surface area contributed by atoms with Crippen LogP contribution in [0.2, 0.25) is 0 Å². The molecule has 0 spiro atoms. The number of benzene rings is 1. The van der Waals surface area contributed by atoms with Crippen molar-refractivity contribution in [2.24, 2.45) is 0 Å². The Morgan fingerprint density at radius 3 is 3.10 bits per heavy atom. The summed E-state index contributed by atoms with van der Waals surface area (Å²) in [5, 5.41) is 0. The molecule has 1 aromatic heterocycles. The van der Waals surface area contributed by atoms with Crippen molar-refractivity contribution in [3.05, 3.63) is 52.3 Å². The number of hydrogen-bond donors (Lipinski definition) is 1. The molecule has 0 radical (unpaired) electrons. The van der Waals surface area contributed by atoms with E-state index in [1.54, 1.807) is 6.20 Å². The van der Waals surface area contributed by atoms with Gasteiger partial charge in [-0.2, -0.15) is 0 Å². The molecule has 0 amide bonds. The highest BCUT2D eigenvalue weighted by molar-refractivity contribution is 9.10. The highest BCUT2D eigenvalue weighted by atomic mass is 79.9. The lowest BCUT2D eigenvalue weighted by atomic mass is 9.97. The van der Waals surface area contributed by atoms with Gasteiger partial charge in [0.2, 0.25) is 0 Å².